The molecule has 1 saturated heterocycles. The highest BCUT2D eigenvalue weighted by Gasteiger charge is 2.43. The van der Waals surface area contributed by atoms with Crippen molar-refractivity contribution in [1.29, 1.82) is 0 Å². The van der Waals surface area contributed by atoms with Gasteiger partial charge >= 0.3 is 0 Å². The third-order valence-corrected chi connectivity index (χ3v) is 8.04. The van der Waals surface area contributed by atoms with Crippen LogP contribution >= 0.6 is 0 Å². The minimum Gasteiger partial charge on any atom is -0.295 e. The second-order valence-electron chi connectivity index (χ2n) is 11.5. The maximum atomic E-state index is 2.94. The number of likely N-dealkylation sites (tertiary alicyclic amines) is 1. The maximum Gasteiger partial charge on any atom is 0.0127 e. The van der Waals surface area contributed by atoms with Gasteiger partial charge in [-0.3, -0.25) is 4.90 Å². The Labute approximate surface area is 166 Å². The van der Waals surface area contributed by atoms with Gasteiger partial charge in [-0.2, -0.15) is 0 Å². The van der Waals surface area contributed by atoms with Gasteiger partial charge in [-0.05, 0) is 74.0 Å². The zero-order chi connectivity index (χ0) is 20.4. The van der Waals surface area contributed by atoms with Crippen LogP contribution < -0.4 is 0 Å². The van der Waals surface area contributed by atoms with Gasteiger partial charge in [0.15, 0.2) is 0 Å². The molecule has 0 aromatic rings. The first-order chi connectivity index (χ1) is 11.8. The summed E-state index contributed by atoms with van der Waals surface area (Å²) in [4.78, 5) is 2.94. The van der Waals surface area contributed by atoms with Gasteiger partial charge in [0.2, 0.25) is 0 Å². The molecule has 0 N–H and O–H groups in total. The molecule has 0 aromatic carbocycles. The van der Waals surface area contributed by atoms with Crippen molar-refractivity contribution in [2.75, 3.05) is 0 Å². The Hall–Kier alpha value is -0.0400. The van der Waals surface area contributed by atoms with Crippen LogP contribution in [0.2, 0.25) is 0 Å². The van der Waals surface area contributed by atoms with Crippen molar-refractivity contribution in [2.24, 2.45) is 40.9 Å². The van der Waals surface area contributed by atoms with Crippen LogP contribution in [-0.2, 0) is 0 Å². The Morgan fingerprint density at radius 2 is 1.12 bits per heavy atom. The van der Waals surface area contributed by atoms with Gasteiger partial charge in [-0.15, -0.1) is 0 Å². The van der Waals surface area contributed by atoms with E-state index in [-0.39, 0.29) is 0 Å². The van der Waals surface area contributed by atoms with Crippen LogP contribution in [0.4, 0.5) is 0 Å². The maximum absolute atomic E-state index is 2.94. The zero-order valence-electron chi connectivity index (χ0n) is 20.3. The van der Waals surface area contributed by atoms with Crippen molar-refractivity contribution in [3.8, 4) is 0 Å². The highest BCUT2D eigenvalue weighted by atomic mass is 15.2. The molecule has 1 heterocycles. The minimum atomic E-state index is 0.410. The smallest absolute Gasteiger partial charge is 0.0127 e. The lowest BCUT2D eigenvalue weighted by atomic mass is 9.62. The second-order valence-corrected chi connectivity index (χ2v) is 11.5. The fourth-order valence-electron chi connectivity index (χ4n) is 5.27. The van der Waals surface area contributed by atoms with E-state index in [0.29, 0.717) is 17.5 Å². The van der Waals surface area contributed by atoms with Crippen molar-refractivity contribution in [2.45, 2.75) is 120 Å². The molecule has 1 heteroatoms. The standard InChI is InChI=1S/C25H51N/c1-16(2)21-13-22(25(11,12)19(7)8)15-24(18(5)6)26(20(9)10)23(14-21)17(3)4/h16-24H,13-15H2,1-12H3. The summed E-state index contributed by atoms with van der Waals surface area (Å²) >= 11 is 0. The van der Waals surface area contributed by atoms with E-state index in [2.05, 4.69) is 88.0 Å². The van der Waals surface area contributed by atoms with Crippen molar-refractivity contribution in [3.05, 3.63) is 0 Å². The Bertz CT molecular complexity index is 402. The molecule has 1 rings (SSSR count). The van der Waals surface area contributed by atoms with Gasteiger partial charge in [0.05, 0.1) is 0 Å². The summed E-state index contributed by atoms with van der Waals surface area (Å²) in [6.45, 7) is 29.5. The zero-order valence-corrected chi connectivity index (χ0v) is 20.3. The molecule has 0 saturated carbocycles. The molecule has 26 heavy (non-hydrogen) atoms. The summed E-state index contributed by atoms with van der Waals surface area (Å²) in [6, 6.07) is 2.06. The van der Waals surface area contributed by atoms with Crippen LogP contribution in [0.25, 0.3) is 0 Å². The highest BCUT2D eigenvalue weighted by molar-refractivity contribution is 4.95. The molecule has 1 aliphatic heterocycles. The van der Waals surface area contributed by atoms with Gasteiger partial charge in [0.25, 0.3) is 0 Å². The van der Waals surface area contributed by atoms with E-state index in [0.717, 1.165) is 41.5 Å². The number of rotatable bonds is 6. The number of nitrogens with zero attached hydrogens (tertiary/aromatic N) is 1. The Morgan fingerprint density at radius 1 is 0.654 bits per heavy atom. The normalized spacial score (nSPS) is 29.9. The lowest BCUT2D eigenvalue weighted by Gasteiger charge is -2.52. The van der Waals surface area contributed by atoms with E-state index >= 15 is 0 Å². The molecule has 0 radical (unpaired) electrons. The predicted octanol–water partition coefficient (Wildman–Crippen LogP) is 7.50. The molecular formula is C25H51N. The molecule has 0 aromatic heterocycles. The number of hydrogen-bond acceptors (Lipinski definition) is 1. The van der Waals surface area contributed by atoms with Crippen molar-refractivity contribution >= 4 is 0 Å². The Balaban J connectivity index is 3.39. The van der Waals surface area contributed by atoms with Crippen LogP contribution in [0.3, 0.4) is 0 Å². The van der Waals surface area contributed by atoms with E-state index < -0.39 is 0 Å². The average molecular weight is 366 g/mol. The first kappa shape index (κ1) is 24.0. The predicted molar refractivity (Wildman–Crippen MR) is 119 cm³/mol. The third kappa shape index (κ3) is 5.49. The van der Waals surface area contributed by atoms with Gasteiger partial charge in [0, 0.05) is 18.1 Å². The summed E-state index contributed by atoms with van der Waals surface area (Å²) in [6.07, 6.45) is 4.16. The van der Waals surface area contributed by atoms with Gasteiger partial charge in [-0.25, -0.2) is 0 Å². The lowest BCUT2D eigenvalue weighted by molar-refractivity contribution is -0.0319. The molecule has 1 fully saturated rings. The summed E-state index contributed by atoms with van der Waals surface area (Å²) < 4.78 is 0. The summed E-state index contributed by atoms with van der Waals surface area (Å²) in [7, 11) is 0. The SMILES string of the molecule is CC(C)C1CC(C(C)C)N(C(C)C)C(C(C)C)CC(C(C)(C)C(C)C)C1. The Kier molecular flexibility index (Phi) is 8.71. The molecule has 0 amide bonds. The van der Waals surface area contributed by atoms with Crippen LogP contribution in [0.5, 0.6) is 0 Å². The third-order valence-electron chi connectivity index (χ3n) is 8.04. The fourth-order valence-corrected chi connectivity index (χ4v) is 5.27. The molecule has 4 unspecified atom stereocenters. The topological polar surface area (TPSA) is 3.24 Å². The average Bonchev–Trinajstić information content (AvgIpc) is 2.44. The van der Waals surface area contributed by atoms with Crippen LogP contribution in [0, 0.1) is 40.9 Å². The molecule has 0 bridgehead atoms. The molecule has 1 nitrogen and oxygen atoms in total. The molecule has 156 valence electrons. The molecule has 4 atom stereocenters. The highest BCUT2D eigenvalue weighted by Crippen LogP contribution is 2.47. The molecule has 0 spiro atoms. The van der Waals surface area contributed by atoms with Gasteiger partial charge in [-0.1, -0.05) is 69.2 Å². The summed E-state index contributed by atoms with van der Waals surface area (Å²) in [5.41, 5.74) is 0.410. The minimum absolute atomic E-state index is 0.410. The van der Waals surface area contributed by atoms with Crippen LogP contribution in [-0.4, -0.2) is 23.0 Å². The van der Waals surface area contributed by atoms with Gasteiger partial charge in [0.1, 0.15) is 0 Å². The summed E-state index contributed by atoms with van der Waals surface area (Å²) in [5.74, 6) is 4.64. The fraction of sp³-hybridized carbons (Fsp3) is 1.00. The van der Waals surface area contributed by atoms with E-state index in [1.807, 2.05) is 0 Å². The first-order valence-electron chi connectivity index (χ1n) is 11.6. The Morgan fingerprint density at radius 3 is 1.46 bits per heavy atom. The van der Waals surface area contributed by atoms with Crippen LogP contribution in [0.1, 0.15) is 102 Å². The van der Waals surface area contributed by atoms with Crippen LogP contribution in [0.15, 0.2) is 0 Å². The molecular weight excluding hydrogens is 314 g/mol. The quantitative estimate of drug-likeness (QED) is 0.471. The van der Waals surface area contributed by atoms with E-state index in [1.165, 1.54) is 19.3 Å². The van der Waals surface area contributed by atoms with Gasteiger partial charge < -0.3 is 0 Å². The number of hydrogen-bond donors (Lipinski definition) is 0. The van der Waals surface area contributed by atoms with Crippen molar-refractivity contribution < 1.29 is 0 Å². The van der Waals surface area contributed by atoms with Crippen molar-refractivity contribution in [3.63, 3.8) is 0 Å². The first-order valence-corrected chi connectivity index (χ1v) is 11.6. The monoisotopic (exact) mass is 365 g/mol. The second kappa shape index (κ2) is 9.44. The van der Waals surface area contributed by atoms with E-state index in [1.54, 1.807) is 0 Å². The van der Waals surface area contributed by atoms with Crippen molar-refractivity contribution in [1.82, 2.24) is 4.90 Å². The van der Waals surface area contributed by atoms with E-state index in [9.17, 15) is 0 Å². The molecule has 0 aliphatic carbocycles. The lowest BCUT2D eigenvalue weighted by Crippen LogP contribution is -2.55. The van der Waals surface area contributed by atoms with E-state index in [4.69, 9.17) is 0 Å². The largest absolute Gasteiger partial charge is 0.295 e. The summed E-state index contributed by atoms with van der Waals surface area (Å²) in [5, 5.41) is 0. The molecule has 1 aliphatic rings.